The van der Waals surface area contributed by atoms with Crippen molar-refractivity contribution in [3.63, 3.8) is 0 Å². The van der Waals surface area contributed by atoms with Gasteiger partial charge >= 0.3 is 0 Å². The van der Waals surface area contributed by atoms with E-state index in [1.165, 1.54) is 0 Å². The van der Waals surface area contributed by atoms with Gasteiger partial charge in [0.25, 0.3) is 0 Å². The van der Waals surface area contributed by atoms with Crippen molar-refractivity contribution in [3.05, 3.63) is 57.4 Å². The van der Waals surface area contributed by atoms with Gasteiger partial charge in [-0.05, 0) is 70.4 Å². The molecule has 0 spiro atoms. The van der Waals surface area contributed by atoms with E-state index in [1.54, 1.807) is 30.6 Å². The lowest BCUT2D eigenvalue weighted by atomic mass is 9.88. The minimum absolute atomic E-state index is 0.0148. The Kier molecular flexibility index (Phi) is 5.56. The van der Waals surface area contributed by atoms with Gasteiger partial charge in [0.05, 0.1) is 16.6 Å². The molecule has 0 radical (unpaired) electrons. The van der Waals surface area contributed by atoms with Crippen LogP contribution in [0.15, 0.2) is 51.2 Å². The molecule has 1 N–H and O–H groups in total. The van der Waals surface area contributed by atoms with Crippen molar-refractivity contribution < 1.29 is 14.7 Å². The van der Waals surface area contributed by atoms with Crippen LogP contribution in [0, 0.1) is 0 Å². The fourth-order valence-electron chi connectivity index (χ4n) is 3.95. The molecule has 0 saturated carbocycles. The molecule has 0 amide bonds. The molecule has 2 aliphatic heterocycles. The van der Waals surface area contributed by atoms with E-state index in [9.17, 15) is 14.7 Å². The van der Waals surface area contributed by atoms with Gasteiger partial charge in [0, 0.05) is 41.9 Å². The summed E-state index contributed by atoms with van der Waals surface area (Å²) in [6, 6.07) is 3.43. The molecule has 160 valence electrons. The molecule has 7 nitrogen and oxygen atoms in total. The summed E-state index contributed by atoms with van der Waals surface area (Å²) in [6.45, 7) is 1.56. The summed E-state index contributed by atoms with van der Waals surface area (Å²) < 4.78 is 0. The summed E-state index contributed by atoms with van der Waals surface area (Å²) in [6.07, 6.45) is 6.41. The van der Waals surface area contributed by atoms with E-state index in [4.69, 9.17) is 0 Å². The van der Waals surface area contributed by atoms with Gasteiger partial charge in [-0.25, -0.2) is 0 Å². The quantitative estimate of drug-likeness (QED) is 0.692. The van der Waals surface area contributed by atoms with Crippen LogP contribution >= 0.6 is 0 Å². The molecule has 31 heavy (non-hydrogen) atoms. The third-order valence-corrected chi connectivity index (χ3v) is 5.68. The Morgan fingerprint density at radius 2 is 1.68 bits per heavy atom. The van der Waals surface area contributed by atoms with E-state index in [-0.39, 0.29) is 11.3 Å². The van der Waals surface area contributed by atoms with Crippen molar-refractivity contribution in [2.75, 3.05) is 41.3 Å². The van der Waals surface area contributed by atoms with Crippen molar-refractivity contribution in [2.24, 2.45) is 9.98 Å². The second-order valence-electron chi connectivity index (χ2n) is 8.51. The van der Waals surface area contributed by atoms with E-state index in [2.05, 4.69) is 14.9 Å². The Morgan fingerprint density at radius 3 is 2.39 bits per heavy atom. The van der Waals surface area contributed by atoms with E-state index >= 15 is 0 Å². The fourth-order valence-corrected chi connectivity index (χ4v) is 3.95. The molecule has 2 heterocycles. The predicted octanol–water partition coefficient (Wildman–Crippen LogP) is 0.837. The van der Waals surface area contributed by atoms with Crippen molar-refractivity contribution in [1.29, 1.82) is 0 Å². The zero-order valence-corrected chi connectivity index (χ0v) is 18.3. The standard InChI is InChI=1S/C24H26N4O3/c1-27(2)9-7-14-12-25-18-6-5-16(22(29)20(14)18)17-11-19-21(24(31)23(17)30)15(13-26-19)8-10-28(3)4/h5-6,11-13,29H,7-10H2,1-4H3. The Hall–Kier alpha value is -3.16. The lowest BCUT2D eigenvalue weighted by Gasteiger charge is -2.15. The van der Waals surface area contributed by atoms with Crippen LogP contribution in [0.5, 0.6) is 5.75 Å². The van der Waals surface area contributed by atoms with Crippen LogP contribution in [-0.4, -0.2) is 74.0 Å². The highest BCUT2D eigenvalue weighted by Crippen LogP contribution is 2.32. The van der Waals surface area contributed by atoms with Crippen molar-refractivity contribution >= 4 is 28.9 Å². The molecule has 1 aliphatic carbocycles. The first-order chi connectivity index (χ1) is 14.8. The molecule has 1 aromatic rings. The summed E-state index contributed by atoms with van der Waals surface area (Å²) in [7, 11) is 7.88. The molecular weight excluding hydrogens is 392 g/mol. The lowest BCUT2D eigenvalue weighted by molar-refractivity contribution is -0.131. The van der Waals surface area contributed by atoms with E-state index in [0.717, 1.165) is 30.7 Å². The Balaban J connectivity index is 1.80. The van der Waals surface area contributed by atoms with E-state index < -0.39 is 11.6 Å². The maximum Gasteiger partial charge on any atom is 0.236 e. The molecule has 0 atom stereocenters. The smallest absolute Gasteiger partial charge is 0.236 e. The number of fused-ring (bicyclic) bond motifs is 2. The van der Waals surface area contributed by atoms with Gasteiger partial charge in [0.15, 0.2) is 0 Å². The number of phenols is 1. The molecule has 7 heteroatoms. The Morgan fingerprint density at radius 1 is 0.968 bits per heavy atom. The Labute approximate surface area is 181 Å². The molecule has 4 rings (SSSR count). The molecule has 1 aromatic carbocycles. The van der Waals surface area contributed by atoms with Gasteiger partial charge in [0.1, 0.15) is 5.75 Å². The number of benzene rings is 1. The van der Waals surface area contributed by atoms with Crippen LogP contribution in [0.25, 0.3) is 11.1 Å². The highest BCUT2D eigenvalue weighted by Gasteiger charge is 2.34. The van der Waals surface area contributed by atoms with Crippen molar-refractivity contribution in [1.82, 2.24) is 9.80 Å². The normalized spacial score (nSPS) is 19.2. The predicted molar refractivity (Wildman–Crippen MR) is 120 cm³/mol. The first-order valence-electron chi connectivity index (χ1n) is 10.3. The summed E-state index contributed by atoms with van der Waals surface area (Å²) in [4.78, 5) is 38.8. The first-order valence-corrected chi connectivity index (χ1v) is 10.3. The second-order valence-corrected chi connectivity index (χ2v) is 8.51. The van der Waals surface area contributed by atoms with Crippen molar-refractivity contribution in [3.8, 4) is 5.75 Å². The van der Waals surface area contributed by atoms with Crippen LogP contribution in [0.4, 0.5) is 0 Å². The summed E-state index contributed by atoms with van der Waals surface area (Å²) in [5.74, 6) is -1.19. The van der Waals surface area contributed by atoms with Gasteiger partial charge < -0.3 is 14.9 Å². The number of allylic oxidation sites excluding steroid dienone is 2. The lowest BCUT2D eigenvalue weighted by Crippen LogP contribution is -2.28. The monoisotopic (exact) mass is 418 g/mol. The number of hydrogen-bond donors (Lipinski definition) is 1. The summed E-state index contributed by atoms with van der Waals surface area (Å²) in [5.41, 5.74) is 3.38. The average molecular weight is 418 g/mol. The van der Waals surface area contributed by atoms with Gasteiger partial charge in [-0.1, -0.05) is 0 Å². The maximum atomic E-state index is 13.0. The van der Waals surface area contributed by atoms with Gasteiger partial charge in [-0.3, -0.25) is 19.6 Å². The molecule has 0 unspecified atom stereocenters. The fraction of sp³-hybridized carbons (Fsp3) is 0.333. The molecule has 0 bridgehead atoms. The minimum Gasteiger partial charge on any atom is -0.507 e. The summed E-state index contributed by atoms with van der Waals surface area (Å²) in [5, 5.41) is 12.1. The molecule has 0 aromatic heterocycles. The molecule has 0 saturated heterocycles. The molecular formula is C24H26N4O3. The average Bonchev–Trinajstić information content (AvgIpc) is 3.32. The van der Waals surface area contributed by atoms with Crippen LogP contribution in [0.3, 0.4) is 0 Å². The van der Waals surface area contributed by atoms with Crippen LogP contribution in [0.2, 0.25) is 0 Å². The van der Waals surface area contributed by atoms with Gasteiger partial charge in [0.2, 0.25) is 11.6 Å². The zero-order chi connectivity index (χ0) is 22.3. The number of phenolic OH excluding ortho intramolecular Hbond substituents is 1. The Bertz CT molecular complexity index is 1230. The zero-order valence-electron chi connectivity index (χ0n) is 18.3. The minimum atomic E-state index is -0.615. The number of rotatable bonds is 6. The summed E-state index contributed by atoms with van der Waals surface area (Å²) >= 11 is 0. The second kappa shape index (κ2) is 8.17. The SMILES string of the molecule is CN(C)CCC1=CN=c2ccc(=C3C=C4N=CC(CCN(C)C)=C4C(=O)C3=O)c(O)c21. The van der Waals surface area contributed by atoms with E-state index in [1.807, 2.05) is 33.1 Å². The number of aromatic hydroxyl groups is 1. The third kappa shape index (κ3) is 3.82. The van der Waals surface area contributed by atoms with Crippen molar-refractivity contribution in [2.45, 2.75) is 12.8 Å². The number of carbonyl (C=O) groups is 2. The number of ketones is 2. The number of carbonyl (C=O) groups excluding carboxylic acids is 2. The van der Waals surface area contributed by atoms with Gasteiger partial charge in [-0.15, -0.1) is 0 Å². The first kappa shape index (κ1) is 21.1. The largest absolute Gasteiger partial charge is 0.507 e. The number of hydrogen-bond acceptors (Lipinski definition) is 7. The van der Waals surface area contributed by atoms with E-state index in [0.29, 0.717) is 33.8 Å². The van der Waals surface area contributed by atoms with Crippen LogP contribution in [0.1, 0.15) is 18.4 Å². The molecule has 3 aliphatic rings. The third-order valence-electron chi connectivity index (χ3n) is 5.68. The van der Waals surface area contributed by atoms with Crippen LogP contribution < -0.4 is 10.6 Å². The van der Waals surface area contributed by atoms with Gasteiger partial charge in [-0.2, -0.15) is 0 Å². The highest BCUT2D eigenvalue weighted by atomic mass is 16.3. The number of nitrogens with zero attached hydrogens (tertiary/aromatic N) is 4. The number of aliphatic imine (C=N–C) groups is 1. The maximum absolute atomic E-state index is 13.0. The topological polar surface area (TPSA) is 85.6 Å². The number of Topliss-reactive ketones (excluding diaryl/α,β-unsaturated/α-hetero) is 2. The van der Waals surface area contributed by atoms with Crippen LogP contribution in [-0.2, 0) is 9.59 Å². The highest BCUT2D eigenvalue weighted by molar-refractivity contribution is 6.60. The molecule has 0 fully saturated rings.